The third-order valence-corrected chi connectivity index (χ3v) is 4.18. The number of nitrogens with zero attached hydrogens (tertiary/aromatic N) is 2. The van der Waals surface area contributed by atoms with Gasteiger partial charge in [0, 0.05) is 13.6 Å². The minimum atomic E-state index is 0.179. The zero-order valence-electron chi connectivity index (χ0n) is 14.3. The molecule has 1 aromatic carbocycles. The summed E-state index contributed by atoms with van der Waals surface area (Å²) in [6.07, 6.45) is 1.20. The summed E-state index contributed by atoms with van der Waals surface area (Å²) >= 11 is 0. The van der Waals surface area contributed by atoms with E-state index in [4.69, 9.17) is 4.74 Å². The standard InChI is InChI=1S/C18H28N2O2/c1-14-5-6-20(12-14)13-18(21)19(4)7-8-22-17-10-15(2)9-16(3)11-17/h9-11,14H,5-8,12-13H2,1-4H3. The first-order valence-corrected chi connectivity index (χ1v) is 8.11. The summed E-state index contributed by atoms with van der Waals surface area (Å²) in [6.45, 7) is 10.1. The van der Waals surface area contributed by atoms with Gasteiger partial charge in [-0.3, -0.25) is 9.69 Å². The van der Waals surface area contributed by atoms with Gasteiger partial charge >= 0.3 is 0 Å². The number of carbonyl (C=O) groups excluding carboxylic acids is 1. The number of hydrogen-bond acceptors (Lipinski definition) is 3. The quantitative estimate of drug-likeness (QED) is 0.809. The molecule has 0 aromatic heterocycles. The minimum Gasteiger partial charge on any atom is -0.492 e. The van der Waals surface area contributed by atoms with Crippen molar-refractivity contribution in [2.75, 3.05) is 39.8 Å². The second-order valence-electron chi connectivity index (χ2n) is 6.62. The maximum atomic E-state index is 12.2. The average molecular weight is 304 g/mol. The highest BCUT2D eigenvalue weighted by atomic mass is 16.5. The average Bonchev–Trinajstić information content (AvgIpc) is 2.82. The van der Waals surface area contributed by atoms with Crippen LogP contribution in [-0.2, 0) is 4.79 Å². The van der Waals surface area contributed by atoms with E-state index in [9.17, 15) is 4.79 Å². The van der Waals surface area contributed by atoms with E-state index in [-0.39, 0.29) is 5.91 Å². The Kier molecular flexibility index (Phi) is 5.83. The van der Waals surface area contributed by atoms with Gasteiger partial charge in [0.1, 0.15) is 12.4 Å². The Bertz CT molecular complexity index is 496. The molecular formula is C18H28N2O2. The Labute approximate surface area is 134 Å². The molecule has 0 spiro atoms. The molecular weight excluding hydrogens is 276 g/mol. The molecule has 0 aliphatic carbocycles. The molecule has 0 N–H and O–H groups in total. The van der Waals surface area contributed by atoms with Crippen molar-refractivity contribution in [2.24, 2.45) is 5.92 Å². The van der Waals surface area contributed by atoms with Gasteiger partial charge in [-0.05, 0) is 56.0 Å². The molecule has 1 aliphatic rings. The highest BCUT2D eigenvalue weighted by Gasteiger charge is 2.21. The number of benzene rings is 1. The third kappa shape index (κ3) is 5.02. The lowest BCUT2D eigenvalue weighted by Gasteiger charge is -2.21. The SMILES string of the molecule is Cc1cc(C)cc(OCCN(C)C(=O)CN2CCC(C)C2)c1. The Morgan fingerprint density at radius 2 is 2.00 bits per heavy atom. The number of hydrogen-bond donors (Lipinski definition) is 0. The highest BCUT2D eigenvalue weighted by molar-refractivity contribution is 5.78. The topological polar surface area (TPSA) is 32.8 Å². The Morgan fingerprint density at radius 3 is 2.59 bits per heavy atom. The zero-order valence-corrected chi connectivity index (χ0v) is 14.3. The van der Waals surface area contributed by atoms with Crippen LogP contribution in [0.4, 0.5) is 0 Å². The van der Waals surface area contributed by atoms with Crippen LogP contribution in [0.5, 0.6) is 5.75 Å². The maximum absolute atomic E-state index is 12.2. The van der Waals surface area contributed by atoms with Crippen molar-refractivity contribution < 1.29 is 9.53 Å². The van der Waals surface area contributed by atoms with Crippen molar-refractivity contribution in [3.8, 4) is 5.75 Å². The lowest BCUT2D eigenvalue weighted by molar-refractivity contribution is -0.131. The highest BCUT2D eigenvalue weighted by Crippen LogP contribution is 2.16. The van der Waals surface area contributed by atoms with E-state index in [1.54, 1.807) is 4.90 Å². The van der Waals surface area contributed by atoms with E-state index in [2.05, 4.69) is 31.7 Å². The fraction of sp³-hybridized carbons (Fsp3) is 0.611. The number of rotatable bonds is 6. The molecule has 1 unspecified atom stereocenters. The van der Waals surface area contributed by atoms with Gasteiger partial charge in [-0.25, -0.2) is 0 Å². The fourth-order valence-corrected chi connectivity index (χ4v) is 2.92. The third-order valence-electron chi connectivity index (χ3n) is 4.18. The first-order chi connectivity index (χ1) is 10.4. The first kappa shape index (κ1) is 16.8. The predicted octanol–water partition coefficient (Wildman–Crippen LogP) is 2.48. The Hall–Kier alpha value is -1.55. The van der Waals surface area contributed by atoms with Crippen molar-refractivity contribution in [1.29, 1.82) is 0 Å². The van der Waals surface area contributed by atoms with Crippen LogP contribution in [0.1, 0.15) is 24.5 Å². The van der Waals surface area contributed by atoms with E-state index >= 15 is 0 Å². The van der Waals surface area contributed by atoms with E-state index < -0.39 is 0 Å². The summed E-state index contributed by atoms with van der Waals surface area (Å²) in [5.41, 5.74) is 2.39. The number of carbonyl (C=O) groups is 1. The van der Waals surface area contributed by atoms with Crippen LogP contribution in [0.3, 0.4) is 0 Å². The van der Waals surface area contributed by atoms with E-state index in [1.165, 1.54) is 17.5 Å². The van der Waals surface area contributed by atoms with E-state index in [1.807, 2.05) is 19.2 Å². The molecule has 4 nitrogen and oxygen atoms in total. The van der Waals surface area contributed by atoms with Crippen molar-refractivity contribution in [1.82, 2.24) is 9.80 Å². The van der Waals surface area contributed by atoms with Crippen LogP contribution in [-0.4, -0.2) is 55.5 Å². The summed E-state index contributed by atoms with van der Waals surface area (Å²) in [5, 5.41) is 0. The number of likely N-dealkylation sites (N-methyl/N-ethyl adjacent to an activating group) is 1. The molecule has 0 saturated carbocycles. The molecule has 1 atom stereocenters. The number of ether oxygens (including phenoxy) is 1. The van der Waals surface area contributed by atoms with Crippen molar-refractivity contribution in [3.05, 3.63) is 29.3 Å². The lowest BCUT2D eigenvalue weighted by Crippen LogP contribution is -2.39. The van der Waals surface area contributed by atoms with Crippen LogP contribution >= 0.6 is 0 Å². The Morgan fingerprint density at radius 1 is 1.32 bits per heavy atom. The molecule has 0 radical (unpaired) electrons. The lowest BCUT2D eigenvalue weighted by atomic mass is 10.1. The predicted molar refractivity (Wildman–Crippen MR) is 89.3 cm³/mol. The summed E-state index contributed by atoms with van der Waals surface area (Å²) in [5.74, 6) is 1.77. The Balaban J connectivity index is 1.72. The summed E-state index contributed by atoms with van der Waals surface area (Å²) in [4.78, 5) is 16.2. The summed E-state index contributed by atoms with van der Waals surface area (Å²) < 4.78 is 5.77. The molecule has 0 bridgehead atoms. The number of aryl methyl sites for hydroxylation is 2. The molecule has 22 heavy (non-hydrogen) atoms. The molecule has 1 amide bonds. The van der Waals surface area contributed by atoms with Crippen LogP contribution in [0, 0.1) is 19.8 Å². The van der Waals surface area contributed by atoms with Gasteiger partial charge in [0.15, 0.2) is 0 Å². The van der Waals surface area contributed by atoms with E-state index in [0.717, 1.165) is 18.8 Å². The fourth-order valence-electron chi connectivity index (χ4n) is 2.92. The zero-order chi connectivity index (χ0) is 16.1. The van der Waals surface area contributed by atoms with Crippen LogP contribution in [0.15, 0.2) is 18.2 Å². The van der Waals surface area contributed by atoms with Gasteiger partial charge in [-0.2, -0.15) is 0 Å². The smallest absolute Gasteiger partial charge is 0.236 e. The molecule has 2 rings (SSSR count). The van der Waals surface area contributed by atoms with Gasteiger partial charge < -0.3 is 9.64 Å². The molecule has 122 valence electrons. The first-order valence-electron chi connectivity index (χ1n) is 8.11. The molecule has 1 saturated heterocycles. The second kappa shape index (κ2) is 7.63. The van der Waals surface area contributed by atoms with Crippen molar-refractivity contribution in [2.45, 2.75) is 27.2 Å². The number of likely N-dealkylation sites (tertiary alicyclic amines) is 1. The normalized spacial score (nSPS) is 18.5. The van der Waals surface area contributed by atoms with E-state index in [0.29, 0.717) is 25.6 Å². The van der Waals surface area contributed by atoms with Crippen LogP contribution < -0.4 is 4.74 Å². The minimum absolute atomic E-state index is 0.179. The van der Waals surface area contributed by atoms with Crippen molar-refractivity contribution in [3.63, 3.8) is 0 Å². The van der Waals surface area contributed by atoms with Crippen molar-refractivity contribution >= 4 is 5.91 Å². The summed E-state index contributed by atoms with van der Waals surface area (Å²) in [6, 6.07) is 6.18. The van der Waals surface area contributed by atoms with Gasteiger partial charge in [0.25, 0.3) is 0 Å². The number of amides is 1. The molecule has 1 aliphatic heterocycles. The molecule has 1 heterocycles. The van der Waals surface area contributed by atoms with Crippen LogP contribution in [0.2, 0.25) is 0 Å². The monoisotopic (exact) mass is 304 g/mol. The second-order valence-corrected chi connectivity index (χ2v) is 6.62. The maximum Gasteiger partial charge on any atom is 0.236 e. The van der Waals surface area contributed by atoms with Gasteiger partial charge in [-0.1, -0.05) is 13.0 Å². The largest absolute Gasteiger partial charge is 0.492 e. The van der Waals surface area contributed by atoms with Gasteiger partial charge in [0.05, 0.1) is 13.1 Å². The molecule has 1 aromatic rings. The molecule has 4 heteroatoms. The molecule has 1 fully saturated rings. The van der Waals surface area contributed by atoms with Gasteiger partial charge in [-0.15, -0.1) is 0 Å². The van der Waals surface area contributed by atoms with Crippen LogP contribution in [0.25, 0.3) is 0 Å². The van der Waals surface area contributed by atoms with Gasteiger partial charge in [0.2, 0.25) is 5.91 Å². The summed E-state index contributed by atoms with van der Waals surface area (Å²) in [7, 11) is 1.85.